The summed E-state index contributed by atoms with van der Waals surface area (Å²) in [6.07, 6.45) is 4.72. The summed E-state index contributed by atoms with van der Waals surface area (Å²) in [7, 11) is 0. The van der Waals surface area contributed by atoms with Gasteiger partial charge in [0.25, 0.3) is 0 Å². The fourth-order valence-electron chi connectivity index (χ4n) is 2.10. The molecule has 0 saturated heterocycles. The average molecular weight is 374 g/mol. The Labute approximate surface area is 142 Å². The van der Waals surface area contributed by atoms with Gasteiger partial charge in [-0.15, -0.1) is 11.3 Å². The minimum absolute atomic E-state index is 0.800. The Morgan fingerprint density at radius 3 is 2.68 bits per heavy atom. The van der Waals surface area contributed by atoms with Gasteiger partial charge >= 0.3 is 0 Å². The number of nitrogens with zero attached hydrogens (tertiary/aromatic N) is 2. The number of halogens is 1. The summed E-state index contributed by atoms with van der Waals surface area (Å²) in [5.74, 6) is 0. The molecule has 1 N–H and O–H groups in total. The van der Waals surface area contributed by atoms with Crippen molar-refractivity contribution in [1.82, 2.24) is 15.3 Å². The molecule has 0 atom stereocenters. The van der Waals surface area contributed by atoms with Crippen molar-refractivity contribution in [3.05, 3.63) is 70.0 Å². The van der Waals surface area contributed by atoms with E-state index in [0.717, 1.165) is 34.7 Å². The first kappa shape index (κ1) is 15.3. The van der Waals surface area contributed by atoms with E-state index < -0.39 is 0 Å². The van der Waals surface area contributed by atoms with E-state index in [0.29, 0.717) is 0 Å². The van der Waals surface area contributed by atoms with Gasteiger partial charge in [0.1, 0.15) is 5.01 Å². The van der Waals surface area contributed by atoms with Crippen LogP contribution in [0.25, 0.3) is 10.4 Å². The standard InChI is InChI=1S/C17H16BrN3S/c18-14-6-4-13(5-7-14)16-11-21-17(22-16)12-19-10-8-15-3-1-2-9-20-15/h1-7,9,11,19H,8,10,12H2. The second-order valence-corrected chi connectivity index (χ2v) is 6.90. The van der Waals surface area contributed by atoms with Crippen LogP contribution in [0.15, 0.2) is 59.3 Å². The molecule has 5 heteroatoms. The van der Waals surface area contributed by atoms with Crippen molar-refractivity contribution in [2.45, 2.75) is 13.0 Å². The molecule has 0 aliphatic heterocycles. The van der Waals surface area contributed by atoms with Gasteiger partial charge in [-0.05, 0) is 29.8 Å². The number of nitrogens with one attached hydrogen (secondary N) is 1. The zero-order chi connectivity index (χ0) is 15.2. The molecule has 0 fully saturated rings. The normalized spacial score (nSPS) is 10.8. The molecule has 0 aliphatic rings. The molecule has 0 saturated carbocycles. The van der Waals surface area contributed by atoms with Crippen LogP contribution in [-0.4, -0.2) is 16.5 Å². The van der Waals surface area contributed by atoms with Crippen molar-refractivity contribution in [2.75, 3.05) is 6.54 Å². The Bertz CT molecular complexity index is 710. The van der Waals surface area contributed by atoms with Crippen molar-refractivity contribution < 1.29 is 0 Å². The number of pyridine rings is 1. The smallest absolute Gasteiger partial charge is 0.107 e. The van der Waals surface area contributed by atoms with Crippen molar-refractivity contribution in [2.24, 2.45) is 0 Å². The summed E-state index contributed by atoms with van der Waals surface area (Å²) in [4.78, 5) is 10.0. The van der Waals surface area contributed by atoms with Crippen LogP contribution in [-0.2, 0) is 13.0 Å². The highest BCUT2D eigenvalue weighted by molar-refractivity contribution is 9.10. The minimum Gasteiger partial charge on any atom is -0.310 e. The maximum absolute atomic E-state index is 4.49. The van der Waals surface area contributed by atoms with E-state index in [-0.39, 0.29) is 0 Å². The Morgan fingerprint density at radius 2 is 1.91 bits per heavy atom. The van der Waals surface area contributed by atoms with E-state index in [9.17, 15) is 0 Å². The van der Waals surface area contributed by atoms with Gasteiger partial charge in [0.05, 0.1) is 4.88 Å². The third kappa shape index (κ3) is 4.22. The van der Waals surface area contributed by atoms with Crippen LogP contribution in [0.3, 0.4) is 0 Å². The topological polar surface area (TPSA) is 37.8 Å². The molecular weight excluding hydrogens is 358 g/mol. The highest BCUT2D eigenvalue weighted by Gasteiger charge is 2.04. The molecule has 0 aliphatic carbocycles. The molecule has 1 aromatic carbocycles. The Balaban J connectivity index is 1.50. The molecule has 0 bridgehead atoms. The maximum Gasteiger partial charge on any atom is 0.107 e. The minimum atomic E-state index is 0.800. The first-order chi connectivity index (χ1) is 10.8. The van der Waals surface area contributed by atoms with Gasteiger partial charge in [0.2, 0.25) is 0 Å². The molecular formula is C17H16BrN3S. The van der Waals surface area contributed by atoms with Crippen LogP contribution >= 0.6 is 27.3 Å². The molecule has 3 aromatic rings. The first-order valence-electron chi connectivity index (χ1n) is 7.12. The van der Waals surface area contributed by atoms with Crippen LogP contribution in [0.5, 0.6) is 0 Å². The number of benzene rings is 1. The molecule has 0 unspecified atom stereocenters. The molecule has 3 nitrogen and oxygen atoms in total. The second kappa shape index (κ2) is 7.63. The van der Waals surface area contributed by atoms with E-state index in [2.05, 4.69) is 61.5 Å². The highest BCUT2D eigenvalue weighted by Crippen LogP contribution is 2.27. The van der Waals surface area contributed by atoms with Crippen LogP contribution in [0.2, 0.25) is 0 Å². The lowest BCUT2D eigenvalue weighted by atomic mass is 10.2. The molecule has 2 aromatic heterocycles. The second-order valence-electron chi connectivity index (χ2n) is 4.87. The van der Waals surface area contributed by atoms with Gasteiger partial charge in [-0.25, -0.2) is 4.98 Å². The van der Waals surface area contributed by atoms with Gasteiger partial charge in [-0.1, -0.05) is 34.1 Å². The fraction of sp³-hybridized carbons (Fsp3) is 0.176. The molecule has 22 heavy (non-hydrogen) atoms. The van der Waals surface area contributed by atoms with Crippen molar-refractivity contribution >= 4 is 27.3 Å². The molecule has 0 amide bonds. The zero-order valence-corrected chi connectivity index (χ0v) is 14.4. The third-order valence-electron chi connectivity index (χ3n) is 3.24. The van der Waals surface area contributed by atoms with Gasteiger partial charge in [-0.2, -0.15) is 0 Å². The Kier molecular flexibility index (Phi) is 5.32. The van der Waals surface area contributed by atoms with Crippen LogP contribution in [0, 0.1) is 0 Å². The lowest BCUT2D eigenvalue weighted by molar-refractivity contribution is 0.677. The largest absolute Gasteiger partial charge is 0.310 e. The van der Waals surface area contributed by atoms with Crippen molar-refractivity contribution in [3.8, 4) is 10.4 Å². The predicted octanol–water partition coefficient (Wildman–Crippen LogP) is 4.30. The molecule has 0 spiro atoms. The quantitative estimate of drug-likeness (QED) is 0.654. The molecule has 2 heterocycles. The number of hydrogen-bond donors (Lipinski definition) is 1. The summed E-state index contributed by atoms with van der Waals surface area (Å²) in [5, 5.41) is 4.53. The predicted molar refractivity (Wildman–Crippen MR) is 94.9 cm³/mol. The lowest BCUT2D eigenvalue weighted by Gasteiger charge is -2.02. The summed E-state index contributed by atoms with van der Waals surface area (Å²) >= 11 is 5.19. The SMILES string of the molecule is Brc1ccc(-c2cnc(CNCCc3ccccn3)s2)cc1. The highest BCUT2D eigenvalue weighted by atomic mass is 79.9. The van der Waals surface area contributed by atoms with Gasteiger partial charge in [0.15, 0.2) is 0 Å². The van der Waals surface area contributed by atoms with Crippen molar-refractivity contribution in [1.29, 1.82) is 0 Å². The van der Waals surface area contributed by atoms with Gasteiger partial charge < -0.3 is 5.32 Å². The Morgan fingerprint density at radius 1 is 1.05 bits per heavy atom. The van der Waals surface area contributed by atoms with Crippen LogP contribution < -0.4 is 5.32 Å². The van der Waals surface area contributed by atoms with Crippen LogP contribution in [0.4, 0.5) is 0 Å². The Hall–Kier alpha value is -1.56. The molecule has 3 rings (SSSR count). The average Bonchev–Trinajstić information content (AvgIpc) is 3.02. The fourth-order valence-corrected chi connectivity index (χ4v) is 3.25. The number of thiazole rings is 1. The van der Waals surface area contributed by atoms with Gasteiger partial charge in [-0.3, -0.25) is 4.98 Å². The number of aromatic nitrogens is 2. The zero-order valence-electron chi connectivity index (χ0n) is 12.0. The van der Waals surface area contributed by atoms with E-state index in [1.54, 1.807) is 11.3 Å². The summed E-state index contributed by atoms with van der Waals surface area (Å²) < 4.78 is 1.09. The number of hydrogen-bond acceptors (Lipinski definition) is 4. The third-order valence-corrected chi connectivity index (χ3v) is 4.82. The van der Waals surface area contributed by atoms with E-state index in [1.807, 2.05) is 24.5 Å². The maximum atomic E-state index is 4.49. The molecule has 112 valence electrons. The first-order valence-corrected chi connectivity index (χ1v) is 8.73. The number of rotatable bonds is 6. The molecule has 0 radical (unpaired) electrons. The van der Waals surface area contributed by atoms with Crippen LogP contribution in [0.1, 0.15) is 10.7 Å². The van der Waals surface area contributed by atoms with E-state index in [4.69, 9.17) is 0 Å². The van der Waals surface area contributed by atoms with Crippen molar-refractivity contribution in [3.63, 3.8) is 0 Å². The summed E-state index contributed by atoms with van der Waals surface area (Å²) in [6, 6.07) is 14.3. The summed E-state index contributed by atoms with van der Waals surface area (Å²) in [6.45, 7) is 1.71. The monoisotopic (exact) mass is 373 g/mol. The van der Waals surface area contributed by atoms with Gasteiger partial charge in [0, 0.05) is 42.1 Å². The summed E-state index contributed by atoms with van der Waals surface area (Å²) in [5.41, 5.74) is 2.32. The van der Waals surface area contributed by atoms with E-state index >= 15 is 0 Å². The lowest BCUT2D eigenvalue weighted by Crippen LogP contribution is -2.16. The van der Waals surface area contributed by atoms with E-state index in [1.165, 1.54) is 10.4 Å².